The molecule has 0 amide bonds. The van der Waals surface area contributed by atoms with Gasteiger partial charge in [-0.25, -0.2) is 4.68 Å². The summed E-state index contributed by atoms with van der Waals surface area (Å²) in [5.41, 5.74) is 5.02. The standard InChI is InChI=1S/C26H25N3O3/c1-30-22-9-6-10-23(31-2)24(22)25-21-15-16-27-26(21)29(28-25)19-11-13-20(14-12-19)32-17-18-7-4-3-5-8-18/h3-14,27H,15-17H2,1-2H3. The zero-order valence-electron chi connectivity index (χ0n) is 18.2. The molecule has 0 bridgehead atoms. The zero-order valence-corrected chi connectivity index (χ0v) is 18.2. The molecule has 0 saturated carbocycles. The maximum Gasteiger partial charge on any atom is 0.133 e. The van der Waals surface area contributed by atoms with Gasteiger partial charge in [-0.15, -0.1) is 0 Å². The van der Waals surface area contributed by atoms with Crippen molar-refractivity contribution >= 4 is 5.82 Å². The number of aromatic nitrogens is 2. The number of hydrogen-bond acceptors (Lipinski definition) is 5. The highest BCUT2D eigenvalue weighted by Crippen LogP contribution is 2.43. The summed E-state index contributed by atoms with van der Waals surface area (Å²) in [6.45, 7) is 1.41. The molecular formula is C26H25N3O3. The van der Waals surface area contributed by atoms with Crippen LogP contribution in [0.2, 0.25) is 0 Å². The van der Waals surface area contributed by atoms with E-state index in [1.165, 1.54) is 0 Å². The van der Waals surface area contributed by atoms with Crippen molar-refractivity contribution in [2.45, 2.75) is 13.0 Å². The molecule has 1 aromatic heterocycles. The Kier molecular flexibility index (Phi) is 5.42. The van der Waals surface area contributed by atoms with E-state index in [-0.39, 0.29) is 0 Å². The van der Waals surface area contributed by atoms with Crippen molar-refractivity contribution in [2.24, 2.45) is 0 Å². The Morgan fingerprint density at radius 2 is 1.59 bits per heavy atom. The number of fused-ring (bicyclic) bond motifs is 1. The first-order valence-electron chi connectivity index (χ1n) is 10.6. The molecule has 1 N–H and O–H groups in total. The Bertz CT molecular complexity index is 1200. The van der Waals surface area contributed by atoms with Crippen molar-refractivity contribution in [2.75, 3.05) is 26.1 Å². The average Bonchev–Trinajstić information content (AvgIpc) is 3.46. The van der Waals surface area contributed by atoms with Crippen molar-refractivity contribution in [3.8, 4) is 34.2 Å². The molecule has 3 aromatic carbocycles. The molecule has 0 atom stereocenters. The summed E-state index contributed by atoms with van der Waals surface area (Å²) in [6, 6.07) is 23.9. The highest BCUT2D eigenvalue weighted by molar-refractivity contribution is 5.81. The lowest BCUT2D eigenvalue weighted by Crippen LogP contribution is -2.05. The molecule has 0 saturated heterocycles. The number of anilines is 1. The first kappa shape index (κ1) is 20.0. The fraction of sp³-hybridized carbons (Fsp3) is 0.192. The van der Waals surface area contributed by atoms with Crippen LogP contribution in [0.3, 0.4) is 0 Å². The molecule has 4 aromatic rings. The monoisotopic (exact) mass is 427 g/mol. The van der Waals surface area contributed by atoms with E-state index in [1.807, 2.05) is 65.3 Å². The van der Waals surface area contributed by atoms with Crippen LogP contribution in [0.5, 0.6) is 17.2 Å². The predicted octanol–water partition coefficient (Wildman–Crippen LogP) is 5.10. The van der Waals surface area contributed by atoms with E-state index in [0.717, 1.165) is 64.1 Å². The van der Waals surface area contributed by atoms with Crippen LogP contribution in [0.1, 0.15) is 11.1 Å². The van der Waals surface area contributed by atoms with E-state index in [4.69, 9.17) is 19.3 Å². The van der Waals surface area contributed by atoms with Gasteiger partial charge in [-0.3, -0.25) is 0 Å². The Hall–Kier alpha value is -3.93. The van der Waals surface area contributed by atoms with Gasteiger partial charge in [0, 0.05) is 12.1 Å². The summed E-state index contributed by atoms with van der Waals surface area (Å²) < 4.78 is 19.1. The van der Waals surface area contributed by atoms with Gasteiger partial charge in [0.2, 0.25) is 0 Å². The van der Waals surface area contributed by atoms with Crippen LogP contribution in [-0.2, 0) is 13.0 Å². The molecule has 6 nitrogen and oxygen atoms in total. The van der Waals surface area contributed by atoms with Crippen molar-refractivity contribution in [3.63, 3.8) is 0 Å². The van der Waals surface area contributed by atoms with Crippen LogP contribution in [-0.4, -0.2) is 30.5 Å². The van der Waals surface area contributed by atoms with Crippen LogP contribution < -0.4 is 19.5 Å². The van der Waals surface area contributed by atoms with E-state index in [9.17, 15) is 0 Å². The third-order valence-electron chi connectivity index (χ3n) is 5.65. The molecule has 1 aliphatic rings. The van der Waals surface area contributed by atoms with Crippen LogP contribution in [0.15, 0.2) is 72.8 Å². The van der Waals surface area contributed by atoms with Crippen LogP contribution in [0.4, 0.5) is 5.82 Å². The minimum absolute atomic E-state index is 0.538. The summed E-state index contributed by atoms with van der Waals surface area (Å²) in [7, 11) is 3.34. The second-order valence-corrected chi connectivity index (χ2v) is 7.57. The van der Waals surface area contributed by atoms with Crippen molar-refractivity contribution in [3.05, 3.63) is 83.9 Å². The van der Waals surface area contributed by atoms with Gasteiger partial charge >= 0.3 is 0 Å². The van der Waals surface area contributed by atoms with E-state index in [1.54, 1.807) is 14.2 Å². The Labute approximate surface area is 187 Å². The summed E-state index contributed by atoms with van der Waals surface area (Å²) in [4.78, 5) is 0. The van der Waals surface area contributed by atoms with Gasteiger partial charge in [0.1, 0.15) is 35.4 Å². The molecule has 1 aliphatic heterocycles. The van der Waals surface area contributed by atoms with Gasteiger partial charge in [0.25, 0.3) is 0 Å². The number of nitrogens with zero attached hydrogens (tertiary/aromatic N) is 2. The van der Waals surface area contributed by atoms with Crippen molar-refractivity contribution in [1.29, 1.82) is 0 Å². The second-order valence-electron chi connectivity index (χ2n) is 7.57. The lowest BCUT2D eigenvalue weighted by Gasteiger charge is -2.12. The lowest BCUT2D eigenvalue weighted by atomic mass is 10.0. The predicted molar refractivity (Wildman–Crippen MR) is 125 cm³/mol. The summed E-state index contributed by atoms with van der Waals surface area (Å²) in [5, 5.41) is 8.45. The summed E-state index contributed by atoms with van der Waals surface area (Å²) >= 11 is 0. The lowest BCUT2D eigenvalue weighted by molar-refractivity contribution is 0.306. The zero-order chi connectivity index (χ0) is 21.9. The Morgan fingerprint density at radius 1 is 0.875 bits per heavy atom. The Balaban J connectivity index is 1.47. The number of ether oxygens (including phenoxy) is 3. The first-order valence-corrected chi connectivity index (χ1v) is 10.6. The molecule has 6 heteroatoms. The first-order chi connectivity index (χ1) is 15.8. The van der Waals surface area contributed by atoms with Gasteiger partial charge in [-0.2, -0.15) is 5.10 Å². The largest absolute Gasteiger partial charge is 0.496 e. The highest BCUT2D eigenvalue weighted by atomic mass is 16.5. The minimum atomic E-state index is 0.538. The number of benzene rings is 3. The van der Waals surface area contributed by atoms with Gasteiger partial charge in [0.15, 0.2) is 0 Å². The third-order valence-corrected chi connectivity index (χ3v) is 5.65. The normalized spacial score (nSPS) is 12.2. The molecule has 0 unspecified atom stereocenters. The van der Waals surface area contributed by atoms with Gasteiger partial charge in [0.05, 0.1) is 25.5 Å². The molecule has 162 valence electrons. The molecule has 0 spiro atoms. The fourth-order valence-corrected chi connectivity index (χ4v) is 4.07. The van der Waals surface area contributed by atoms with Crippen molar-refractivity contribution in [1.82, 2.24) is 9.78 Å². The van der Waals surface area contributed by atoms with Crippen LogP contribution >= 0.6 is 0 Å². The molecule has 32 heavy (non-hydrogen) atoms. The quantitative estimate of drug-likeness (QED) is 0.445. The molecule has 5 rings (SSSR count). The van der Waals surface area contributed by atoms with E-state index in [2.05, 4.69) is 17.4 Å². The average molecular weight is 428 g/mol. The van der Waals surface area contributed by atoms with Gasteiger partial charge in [-0.1, -0.05) is 36.4 Å². The number of rotatable bonds is 7. The smallest absolute Gasteiger partial charge is 0.133 e. The number of methoxy groups -OCH3 is 2. The van der Waals surface area contributed by atoms with E-state index < -0.39 is 0 Å². The minimum Gasteiger partial charge on any atom is -0.496 e. The van der Waals surface area contributed by atoms with E-state index in [0.29, 0.717) is 6.61 Å². The Morgan fingerprint density at radius 3 is 2.28 bits per heavy atom. The third kappa shape index (κ3) is 3.64. The van der Waals surface area contributed by atoms with Crippen molar-refractivity contribution < 1.29 is 14.2 Å². The maximum atomic E-state index is 5.93. The molecular weight excluding hydrogens is 402 g/mol. The SMILES string of the molecule is COc1cccc(OC)c1-c1nn(-c2ccc(OCc3ccccc3)cc2)c2c1CCN2. The summed E-state index contributed by atoms with van der Waals surface area (Å²) in [5.74, 6) is 3.31. The van der Waals surface area contributed by atoms with E-state index >= 15 is 0 Å². The van der Waals surface area contributed by atoms with Crippen LogP contribution in [0.25, 0.3) is 16.9 Å². The highest BCUT2D eigenvalue weighted by Gasteiger charge is 2.27. The van der Waals surface area contributed by atoms with Gasteiger partial charge in [-0.05, 0) is 48.4 Å². The fourth-order valence-electron chi connectivity index (χ4n) is 4.07. The topological polar surface area (TPSA) is 57.5 Å². The summed E-state index contributed by atoms with van der Waals surface area (Å²) in [6.07, 6.45) is 0.893. The molecule has 0 radical (unpaired) electrons. The molecule has 0 aliphatic carbocycles. The van der Waals surface area contributed by atoms with Crippen LogP contribution in [0, 0.1) is 0 Å². The van der Waals surface area contributed by atoms with Gasteiger partial charge < -0.3 is 19.5 Å². The number of nitrogens with one attached hydrogen (secondary N) is 1. The molecule has 0 fully saturated rings. The second kappa shape index (κ2) is 8.67. The number of hydrogen-bond donors (Lipinski definition) is 1. The molecule has 2 heterocycles. The maximum absolute atomic E-state index is 5.93.